The van der Waals surface area contributed by atoms with Gasteiger partial charge in [-0.25, -0.2) is 9.18 Å². The first-order valence-corrected chi connectivity index (χ1v) is 6.02. The van der Waals surface area contributed by atoms with Crippen LogP contribution in [0.3, 0.4) is 0 Å². The number of nitrogens with two attached hydrogens (primary N) is 1. The first kappa shape index (κ1) is 13.9. The summed E-state index contributed by atoms with van der Waals surface area (Å²) in [5, 5.41) is 3.09. The van der Waals surface area contributed by atoms with Crippen molar-refractivity contribution in [3.63, 3.8) is 0 Å². The Morgan fingerprint density at radius 3 is 2.60 bits per heavy atom. The molecule has 0 aliphatic heterocycles. The number of methoxy groups -OCH3 is 1. The van der Waals surface area contributed by atoms with Gasteiger partial charge in [-0.2, -0.15) is 0 Å². The minimum atomic E-state index is -0.441. The SMILES string of the molecule is COC(=O)c1ccc(N)c(Nc2ccc(F)cc2C)c1. The third-order valence-electron chi connectivity index (χ3n) is 2.93. The number of aryl methyl sites for hydroxylation is 1. The van der Waals surface area contributed by atoms with Crippen molar-refractivity contribution in [1.82, 2.24) is 0 Å². The van der Waals surface area contributed by atoms with Crippen molar-refractivity contribution in [1.29, 1.82) is 0 Å². The second kappa shape index (κ2) is 5.61. The largest absolute Gasteiger partial charge is 0.465 e. The van der Waals surface area contributed by atoms with Gasteiger partial charge in [0.2, 0.25) is 0 Å². The van der Waals surface area contributed by atoms with E-state index in [0.29, 0.717) is 16.9 Å². The number of esters is 1. The highest BCUT2D eigenvalue weighted by molar-refractivity contribution is 5.92. The molecule has 0 aliphatic carbocycles. The van der Waals surface area contributed by atoms with E-state index in [2.05, 4.69) is 10.1 Å². The zero-order valence-electron chi connectivity index (χ0n) is 11.2. The molecule has 3 N–H and O–H groups in total. The molecule has 0 saturated carbocycles. The fourth-order valence-corrected chi connectivity index (χ4v) is 1.82. The number of nitrogen functional groups attached to an aromatic ring is 1. The van der Waals surface area contributed by atoms with E-state index in [0.717, 1.165) is 11.3 Å². The number of nitrogens with one attached hydrogen (secondary N) is 1. The van der Waals surface area contributed by atoms with Crippen molar-refractivity contribution in [3.8, 4) is 0 Å². The van der Waals surface area contributed by atoms with E-state index in [4.69, 9.17) is 5.73 Å². The van der Waals surface area contributed by atoms with E-state index in [1.165, 1.54) is 19.2 Å². The lowest BCUT2D eigenvalue weighted by Gasteiger charge is -2.13. The predicted molar refractivity (Wildman–Crippen MR) is 76.6 cm³/mol. The molecule has 0 aliphatic rings. The van der Waals surface area contributed by atoms with E-state index < -0.39 is 5.97 Å². The summed E-state index contributed by atoms with van der Waals surface area (Å²) in [6.45, 7) is 1.78. The van der Waals surface area contributed by atoms with Crippen LogP contribution in [-0.4, -0.2) is 13.1 Å². The Morgan fingerprint density at radius 2 is 1.95 bits per heavy atom. The number of hydrogen-bond acceptors (Lipinski definition) is 4. The summed E-state index contributed by atoms with van der Waals surface area (Å²) >= 11 is 0. The number of ether oxygens (including phenoxy) is 1. The van der Waals surface area contributed by atoms with Crippen molar-refractivity contribution in [3.05, 3.63) is 53.3 Å². The standard InChI is InChI=1S/C15H15FN2O2/c1-9-7-11(16)4-6-13(9)18-14-8-10(15(19)20-2)3-5-12(14)17/h3-8,18H,17H2,1-2H3. The molecule has 2 aromatic rings. The molecule has 0 unspecified atom stereocenters. The zero-order chi connectivity index (χ0) is 14.7. The molecule has 0 spiro atoms. The molecule has 104 valence electrons. The van der Waals surface area contributed by atoms with Gasteiger partial charge in [-0.15, -0.1) is 0 Å². The average Bonchev–Trinajstić information content (AvgIpc) is 2.43. The zero-order valence-corrected chi connectivity index (χ0v) is 11.2. The Morgan fingerprint density at radius 1 is 1.20 bits per heavy atom. The number of carbonyl (C=O) groups excluding carboxylic acids is 1. The lowest BCUT2D eigenvalue weighted by Crippen LogP contribution is -2.04. The third kappa shape index (κ3) is 2.88. The van der Waals surface area contributed by atoms with E-state index >= 15 is 0 Å². The van der Waals surface area contributed by atoms with Crippen LogP contribution in [0.1, 0.15) is 15.9 Å². The quantitative estimate of drug-likeness (QED) is 0.666. The smallest absolute Gasteiger partial charge is 0.337 e. The number of halogens is 1. The molecule has 2 aromatic carbocycles. The van der Waals surface area contributed by atoms with Crippen molar-refractivity contribution < 1.29 is 13.9 Å². The highest BCUT2D eigenvalue weighted by atomic mass is 19.1. The molecule has 0 amide bonds. The Balaban J connectivity index is 2.35. The molecule has 0 aromatic heterocycles. The van der Waals surface area contributed by atoms with E-state index in [9.17, 15) is 9.18 Å². The summed E-state index contributed by atoms with van der Waals surface area (Å²) in [6, 6.07) is 9.20. The van der Waals surface area contributed by atoms with Gasteiger partial charge in [-0.05, 0) is 48.9 Å². The number of carbonyl (C=O) groups is 1. The number of rotatable bonds is 3. The number of anilines is 3. The van der Waals surface area contributed by atoms with Crippen LogP contribution in [0.2, 0.25) is 0 Å². The van der Waals surface area contributed by atoms with Gasteiger partial charge in [0.15, 0.2) is 0 Å². The normalized spacial score (nSPS) is 10.2. The highest BCUT2D eigenvalue weighted by Gasteiger charge is 2.09. The Kier molecular flexibility index (Phi) is 3.89. The first-order chi connectivity index (χ1) is 9.51. The summed E-state index contributed by atoms with van der Waals surface area (Å²) in [7, 11) is 1.32. The molecule has 4 nitrogen and oxygen atoms in total. The minimum absolute atomic E-state index is 0.302. The van der Waals surface area contributed by atoms with E-state index in [-0.39, 0.29) is 5.82 Å². The number of hydrogen-bond donors (Lipinski definition) is 2. The predicted octanol–water partition coefficient (Wildman–Crippen LogP) is 3.25. The molecule has 0 heterocycles. The van der Waals surface area contributed by atoms with Gasteiger partial charge in [-0.1, -0.05) is 0 Å². The third-order valence-corrected chi connectivity index (χ3v) is 2.93. The Bertz CT molecular complexity index is 656. The Labute approximate surface area is 116 Å². The van der Waals surface area contributed by atoms with Gasteiger partial charge in [0.05, 0.1) is 24.0 Å². The maximum Gasteiger partial charge on any atom is 0.337 e. The van der Waals surface area contributed by atoms with Crippen molar-refractivity contribution >= 4 is 23.0 Å². The van der Waals surface area contributed by atoms with Gasteiger partial charge < -0.3 is 15.8 Å². The maximum atomic E-state index is 13.1. The average molecular weight is 274 g/mol. The molecule has 0 radical (unpaired) electrons. The van der Waals surface area contributed by atoms with Crippen LogP contribution in [0.15, 0.2) is 36.4 Å². The maximum absolute atomic E-state index is 13.1. The highest BCUT2D eigenvalue weighted by Crippen LogP contribution is 2.27. The van der Waals surface area contributed by atoms with Gasteiger partial charge in [0.25, 0.3) is 0 Å². The van der Waals surface area contributed by atoms with Crippen LogP contribution in [0, 0.1) is 12.7 Å². The minimum Gasteiger partial charge on any atom is -0.465 e. The molecule has 2 rings (SSSR count). The summed E-state index contributed by atoms with van der Waals surface area (Å²) < 4.78 is 17.7. The van der Waals surface area contributed by atoms with Crippen LogP contribution in [0.5, 0.6) is 0 Å². The van der Waals surface area contributed by atoms with E-state index in [1.54, 1.807) is 31.2 Å². The summed E-state index contributed by atoms with van der Waals surface area (Å²) in [6.07, 6.45) is 0. The molecule has 5 heteroatoms. The molecule has 0 atom stereocenters. The van der Waals surface area contributed by atoms with Crippen LogP contribution in [0.25, 0.3) is 0 Å². The second-order valence-corrected chi connectivity index (χ2v) is 4.38. The lowest BCUT2D eigenvalue weighted by molar-refractivity contribution is 0.0601. The van der Waals surface area contributed by atoms with Crippen molar-refractivity contribution in [2.75, 3.05) is 18.2 Å². The van der Waals surface area contributed by atoms with Crippen LogP contribution < -0.4 is 11.1 Å². The monoisotopic (exact) mass is 274 g/mol. The van der Waals surface area contributed by atoms with Crippen molar-refractivity contribution in [2.45, 2.75) is 6.92 Å². The summed E-state index contributed by atoms with van der Waals surface area (Å²) in [5.74, 6) is -0.742. The molecule has 0 fully saturated rings. The Hall–Kier alpha value is -2.56. The van der Waals surface area contributed by atoms with Crippen LogP contribution >= 0.6 is 0 Å². The molecule has 0 bridgehead atoms. The van der Waals surface area contributed by atoms with Gasteiger partial charge >= 0.3 is 5.97 Å². The van der Waals surface area contributed by atoms with Crippen LogP contribution in [-0.2, 0) is 4.74 Å². The fourth-order valence-electron chi connectivity index (χ4n) is 1.82. The molecular formula is C15H15FN2O2. The first-order valence-electron chi connectivity index (χ1n) is 6.02. The topological polar surface area (TPSA) is 64.3 Å². The summed E-state index contributed by atoms with van der Waals surface area (Å²) in [5.41, 5.74) is 8.79. The van der Waals surface area contributed by atoms with Crippen molar-refractivity contribution in [2.24, 2.45) is 0 Å². The fraction of sp³-hybridized carbons (Fsp3) is 0.133. The van der Waals surface area contributed by atoms with Crippen LogP contribution in [0.4, 0.5) is 21.5 Å². The summed E-state index contributed by atoms with van der Waals surface area (Å²) in [4.78, 5) is 11.5. The molecule has 20 heavy (non-hydrogen) atoms. The van der Waals surface area contributed by atoms with Gasteiger partial charge in [-0.3, -0.25) is 0 Å². The van der Waals surface area contributed by atoms with E-state index in [1.807, 2.05) is 0 Å². The lowest BCUT2D eigenvalue weighted by atomic mass is 10.1. The van der Waals surface area contributed by atoms with Gasteiger partial charge in [0.1, 0.15) is 5.82 Å². The van der Waals surface area contributed by atoms with Gasteiger partial charge in [0, 0.05) is 5.69 Å². The molecule has 0 saturated heterocycles. The molecular weight excluding hydrogens is 259 g/mol. The second-order valence-electron chi connectivity index (χ2n) is 4.38. The number of benzene rings is 2.